The lowest BCUT2D eigenvalue weighted by Crippen LogP contribution is -2.50. The van der Waals surface area contributed by atoms with Crippen molar-refractivity contribution in [1.82, 2.24) is 15.5 Å². The maximum atomic E-state index is 12.8. The number of rotatable bonds is 7. The fourth-order valence-electron chi connectivity index (χ4n) is 2.97. The number of imide groups is 1. The molecule has 1 aliphatic heterocycles. The molecule has 1 heterocycles. The highest BCUT2D eigenvalue weighted by Crippen LogP contribution is 2.28. The molecule has 3 atom stereocenters. The van der Waals surface area contributed by atoms with E-state index in [1.54, 1.807) is 26.0 Å². The Morgan fingerprint density at radius 2 is 1.85 bits per heavy atom. The molecule has 27 heavy (non-hydrogen) atoms. The Morgan fingerprint density at radius 3 is 2.37 bits per heavy atom. The van der Waals surface area contributed by atoms with Crippen molar-refractivity contribution in [2.45, 2.75) is 45.7 Å². The third-order valence-corrected chi connectivity index (χ3v) is 5.00. The van der Waals surface area contributed by atoms with E-state index in [9.17, 15) is 24.3 Å². The first-order chi connectivity index (χ1) is 12.6. The molecule has 1 aromatic carbocycles. The molecule has 1 fully saturated rings. The van der Waals surface area contributed by atoms with Crippen LogP contribution in [0.5, 0.6) is 0 Å². The fourth-order valence-corrected chi connectivity index (χ4v) is 2.97. The van der Waals surface area contributed by atoms with Crippen LogP contribution < -0.4 is 10.6 Å². The second-order valence-corrected chi connectivity index (χ2v) is 7.08. The van der Waals surface area contributed by atoms with Crippen LogP contribution in [-0.2, 0) is 19.9 Å². The monoisotopic (exact) mass is 375 g/mol. The first-order valence-corrected chi connectivity index (χ1v) is 8.83. The van der Waals surface area contributed by atoms with Crippen LogP contribution >= 0.6 is 0 Å². The molecule has 0 spiro atoms. The van der Waals surface area contributed by atoms with Gasteiger partial charge in [-0.3, -0.25) is 14.5 Å². The van der Waals surface area contributed by atoms with Gasteiger partial charge in [-0.15, -0.1) is 0 Å². The van der Waals surface area contributed by atoms with Gasteiger partial charge in [0.2, 0.25) is 5.91 Å². The van der Waals surface area contributed by atoms with Crippen molar-refractivity contribution in [3.63, 3.8) is 0 Å². The number of aryl methyl sites for hydroxylation is 1. The normalized spacial score (nSPS) is 21.6. The van der Waals surface area contributed by atoms with Gasteiger partial charge in [-0.25, -0.2) is 9.59 Å². The predicted octanol–water partition coefficient (Wildman–Crippen LogP) is 1.38. The molecule has 0 aromatic heterocycles. The van der Waals surface area contributed by atoms with Gasteiger partial charge in [0.15, 0.2) is 0 Å². The second-order valence-electron chi connectivity index (χ2n) is 7.08. The molecule has 1 unspecified atom stereocenters. The maximum absolute atomic E-state index is 12.8. The number of carboxylic acids is 1. The number of benzene rings is 1. The molecule has 1 aliphatic rings. The highest BCUT2D eigenvalue weighted by atomic mass is 16.4. The van der Waals surface area contributed by atoms with E-state index >= 15 is 0 Å². The molecule has 4 amide bonds. The number of carbonyl (C=O) groups is 4. The average molecular weight is 375 g/mol. The van der Waals surface area contributed by atoms with E-state index in [0.717, 1.165) is 10.5 Å². The standard InChI is InChI=1S/C19H25N3O5/c1-5-12(3)15(16(24)25)20-14(23)10-22-17(26)19(4,21-18(22)27)13-8-6-11(2)7-9-13/h6-9,12,15H,5,10H2,1-4H3,(H,20,23)(H,21,27)(H,24,25)/t12-,15-,19?/m0/s1. The van der Waals surface area contributed by atoms with Crippen molar-refractivity contribution in [3.8, 4) is 0 Å². The van der Waals surface area contributed by atoms with Crippen molar-refractivity contribution < 1.29 is 24.3 Å². The van der Waals surface area contributed by atoms with Crippen LogP contribution in [0.4, 0.5) is 4.79 Å². The molecule has 0 bridgehead atoms. The lowest BCUT2D eigenvalue weighted by atomic mass is 9.91. The molecular formula is C19H25N3O5. The van der Waals surface area contributed by atoms with Gasteiger partial charge in [-0.2, -0.15) is 0 Å². The molecule has 8 nitrogen and oxygen atoms in total. The zero-order valence-electron chi connectivity index (χ0n) is 15.9. The van der Waals surface area contributed by atoms with E-state index in [4.69, 9.17) is 0 Å². The summed E-state index contributed by atoms with van der Waals surface area (Å²) < 4.78 is 0. The summed E-state index contributed by atoms with van der Waals surface area (Å²) in [5, 5.41) is 14.3. The van der Waals surface area contributed by atoms with Gasteiger partial charge in [0, 0.05) is 0 Å². The number of aliphatic carboxylic acids is 1. The third-order valence-electron chi connectivity index (χ3n) is 5.00. The van der Waals surface area contributed by atoms with E-state index in [0.29, 0.717) is 12.0 Å². The van der Waals surface area contributed by atoms with Gasteiger partial charge in [0.1, 0.15) is 18.1 Å². The Labute approximate surface area is 157 Å². The first-order valence-electron chi connectivity index (χ1n) is 8.83. The second kappa shape index (κ2) is 7.77. The van der Waals surface area contributed by atoms with E-state index in [-0.39, 0.29) is 5.92 Å². The molecule has 0 radical (unpaired) electrons. The van der Waals surface area contributed by atoms with Crippen LogP contribution in [-0.4, -0.2) is 46.4 Å². The molecule has 0 saturated carbocycles. The number of urea groups is 1. The Hall–Kier alpha value is -2.90. The van der Waals surface area contributed by atoms with Crippen molar-refractivity contribution >= 4 is 23.8 Å². The van der Waals surface area contributed by atoms with Crippen LogP contribution in [0.1, 0.15) is 38.3 Å². The minimum absolute atomic E-state index is 0.285. The van der Waals surface area contributed by atoms with Gasteiger partial charge in [-0.1, -0.05) is 50.1 Å². The van der Waals surface area contributed by atoms with Crippen LogP contribution in [0.3, 0.4) is 0 Å². The Balaban J connectivity index is 2.14. The number of carbonyl (C=O) groups excluding carboxylic acids is 3. The fraction of sp³-hybridized carbons (Fsp3) is 0.474. The molecule has 146 valence electrons. The van der Waals surface area contributed by atoms with E-state index in [1.807, 2.05) is 26.0 Å². The highest BCUT2D eigenvalue weighted by molar-refractivity contribution is 6.09. The molecule has 2 rings (SSSR count). The van der Waals surface area contributed by atoms with Gasteiger partial charge >= 0.3 is 12.0 Å². The Bertz CT molecular complexity index is 761. The molecule has 0 aliphatic carbocycles. The number of amides is 4. The summed E-state index contributed by atoms with van der Waals surface area (Å²) in [5.41, 5.74) is 0.353. The molecule has 3 N–H and O–H groups in total. The van der Waals surface area contributed by atoms with Crippen molar-refractivity contribution in [2.75, 3.05) is 6.54 Å². The largest absolute Gasteiger partial charge is 0.480 e. The quantitative estimate of drug-likeness (QED) is 0.623. The Morgan fingerprint density at radius 1 is 1.26 bits per heavy atom. The third kappa shape index (κ3) is 4.10. The first kappa shape index (κ1) is 20.4. The summed E-state index contributed by atoms with van der Waals surface area (Å²) in [7, 11) is 0. The van der Waals surface area contributed by atoms with E-state index in [2.05, 4.69) is 10.6 Å². The zero-order chi connectivity index (χ0) is 20.4. The molecule has 1 saturated heterocycles. The molecule has 8 heteroatoms. The van der Waals surface area contributed by atoms with Crippen molar-refractivity contribution in [3.05, 3.63) is 35.4 Å². The van der Waals surface area contributed by atoms with Gasteiger partial charge < -0.3 is 15.7 Å². The molecule has 1 aromatic rings. The average Bonchev–Trinajstić information content (AvgIpc) is 2.83. The van der Waals surface area contributed by atoms with Crippen LogP contribution in [0.15, 0.2) is 24.3 Å². The van der Waals surface area contributed by atoms with Crippen molar-refractivity contribution in [2.24, 2.45) is 5.92 Å². The van der Waals surface area contributed by atoms with Gasteiger partial charge in [0.05, 0.1) is 0 Å². The minimum atomic E-state index is -1.27. The smallest absolute Gasteiger partial charge is 0.326 e. The lowest BCUT2D eigenvalue weighted by Gasteiger charge is -2.23. The number of carboxylic acid groups (broad SMARTS) is 1. The number of nitrogens with one attached hydrogen (secondary N) is 2. The van der Waals surface area contributed by atoms with E-state index in [1.165, 1.54) is 0 Å². The summed E-state index contributed by atoms with van der Waals surface area (Å²) in [4.78, 5) is 49.5. The summed E-state index contributed by atoms with van der Waals surface area (Å²) in [6.45, 7) is 6.48. The van der Waals surface area contributed by atoms with Gasteiger partial charge in [-0.05, 0) is 25.3 Å². The lowest BCUT2D eigenvalue weighted by molar-refractivity contribution is -0.143. The summed E-state index contributed by atoms with van der Waals surface area (Å²) in [5.74, 6) is -2.69. The number of nitrogens with zero attached hydrogens (tertiary/aromatic N) is 1. The maximum Gasteiger partial charge on any atom is 0.326 e. The topological polar surface area (TPSA) is 116 Å². The summed E-state index contributed by atoms with van der Waals surface area (Å²) >= 11 is 0. The molecular weight excluding hydrogens is 350 g/mol. The number of hydrogen-bond donors (Lipinski definition) is 3. The van der Waals surface area contributed by atoms with Gasteiger partial charge in [0.25, 0.3) is 5.91 Å². The Kier molecular flexibility index (Phi) is 5.88. The highest BCUT2D eigenvalue weighted by Gasteiger charge is 2.49. The SMILES string of the molecule is CC[C@H](C)[C@H](NC(=O)CN1C(=O)NC(C)(c2ccc(C)cc2)C1=O)C(=O)O. The summed E-state index contributed by atoms with van der Waals surface area (Å²) in [6.07, 6.45) is 0.561. The minimum Gasteiger partial charge on any atom is -0.480 e. The van der Waals surface area contributed by atoms with E-state index < -0.39 is 41.9 Å². The van der Waals surface area contributed by atoms with Crippen LogP contribution in [0.25, 0.3) is 0 Å². The predicted molar refractivity (Wildman–Crippen MR) is 97.8 cm³/mol. The summed E-state index contributed by atoms with van der Waals surface area (Å²) in [6, 6.07) is 5.40. The zero-order valence-corrected chi connectivity index (χ0v) is 15.9. The van der Waals surface area contributed by atoms with Crippen molar-refractivity contribution in [1.29, 1.82) is 0 Å². The van der Waals surface area contributed by atoms with Crippen LogP contribution in [0, 0.1) is 12.8 Å². The van der Waals surface area contributed by atoms with Crippen LogP contribution in [0.2, 0.25) is 0 Å². The number of hydrogen-bond acceptors (Lipinski definition) is 4.